The van der Waals surface area contributed by atoms with Crippen LogP contribution in [0.15, 0.2) is 45.7 Å². The topological polar surface area (TPSA) is 130 Å². The molecule has 202 valence electrons. The van der Waals surface area contributed by atoms with Gasteiger partial charge in [-0.05, 0) is 78.9 Å². The van der Waals surface area contributed by atoms with Gasteiger partial charge in [-0.1, -0.05) is 6.07 Å². The fraction of sp³-hybridized carbons (Fsp3) is 0.333. The molecule has 0 radical (unpaired) electrons. The zero-order valence-corrected chi connectivity index (χ0v) is 22.6. The number of piperidine rings is 2. The minimum Gasteiger partial charge on any atom is -0.327 e. The van der Waals surface area contributed by atoms with Crippen LogP contribution in [0.1, 0.15) is 54.3 Å². The number of hydrogen-bond acceptors (Lipinski definition) is 6. The maximum Gasteiger partial charge on any atom is 0.262 e. The van der Waals surface area contributed by atoms with Crippen molar-refractivity contribution in [3.63, 3.8) is 0 Å². The van der Waals surface area contributed by atoms with E-state index < -0.39 is 41.2 Å². The lowest BCUT2D eigenvalue weighted by molar-refractivity contribution is -0.135. The quantitative estimate of drug-likeness (QED) is 0.444. The van der Waals surface area contributed by atoms with E-state index in [0.29, 0.717) is 25.1 Å². The highest BCUT2D eigenvalue weighted by Crippen LogP contribution is 2.26. The molecule has 2 saturated heterocycles. The summed E-state index contributed by atoms with van der Waals surface area (Å²) < 4.78 is 15.6. The molecule has 5 rings (SSSR count). The highest BCUT2D eigenvalue weighted by atomic mass is 79.9. The van der Waals surface area contributed by atoms with Crippen LogP contribution in [0.3, 0.4) is 0 Å². The van der Waals surface area contributed by atoms with Gasteiger partial charge in [0.2, 0.25) is 17.7 Å². The van der Waals surface area contributed by atoms with Crippen molar-refractivity contribution < 1.29 is 23.6 Å². The molecule has 2 atom stereocenters. The Labute approximate surface area is 230 Å². The van der Waals surface area contributed by atoms with Crippen LogP contribution in [0.4, 0.5) is 10.1 Å². The maximum absolute atomic E-state index is 14.1. The zero-order valence-electron chi connectivity index (χ0n) is 21.0. The Morgan fingerprint density at radius 3 is 2.67 bits per heavy atom. The van der Waals surface area contributed by atoms with E-state index in [9.17, 15) is 28.4 Å². The highest BCUT2D eigenvalue weighted by Gasteiger charge is 2.34. The number of rotatable bonds is 4. The van der Waals surface area contributed by atoms with Gasteiger partial charge >= 0.3 is 0 Å². The van der Waals surface area contributed by atoms with Gasteiger partial charge in [0, 0.05) is 18.5 Å². The Morgan fingerprint density at radius 1 is 1.13 bits per heavy atom. The van der Waals surface area contributed by atoms with Gasteiger partial charge in [-0.15, -0.1) is 0 Å². The van der Waals surface area contributed by atoms with Crippen molar-refractivity contribution in [2.45, 2.75) is 51.1 Å². The second-order valence-electron chi connectivity index (χ2n) is 9.63. The van der Waals surface area contributed by atoms with Crippen LogP contribution < -0.4 is 16.2 Å². The molecule has 3 heterocycles. The molecular formula is C27H25BrFN5O5. The fourth-order valence-corrected chi connectivity index (χ4v) is 5.43. The molecule has 4 amide bonds. The number of fused-ring (bicyclic) bond motifs is 1. The Hall–Kier alpha value is -3.93. The number of imide groups is 1. The van der Waals surface area contributed by atoms with Crippen molar-refractivity contribution in [1.82, 2.24) is 19.8 Å². The normalized spacial score (nSPS) is 19.6. The predicted molar refractivity (Wildman–Crippen MR) is 144 cm³/mol. The first-order valence-corrected chi connectivity index (χ1v) is 13.4. The Kier molecular flexibility index (Phi) is 7.30. The van der Waals surface area contributed by atoms with E-state index >= 15 is 0 Å². The lowest BCUT2D eigenvalue weighted by Crippen LogP contribution is -2.50. The van der Waals surface area contributed by atoms with E-state index in [-0.39, 0.29) is 45.5 Å². The van der Waals surface area contributed by atoms with Gasteiger partial charge in [-0.3, -0.25) is 33.9 Å². The maximum atomic E-state index is 14.1. The predicted octanol–water partition coefficient (Wildman–Crippen LogP) is 3.22. The molecule has 2 N–H and O–H groups in total. The average Bonchev–Trinajstić information content (AvgIpc) is 2.91. The third-order valence-corrected chi connectivity index (χ3v) is 7.76. The van der Waals surface area contributed by atoms with Gasteiger partial charge in [-0.2, -0.15) is 0 Å². The highest BCUT2D eigenvalue weighted by molar-refractivity contribution is 9.10. The number of anilines is 1. The largest absolute Gasteiger partial charge is 0.327 e. The van der Waals surface area contributed by atoms with E-state index in [0.717, 1.165) is 12.5 Å². The van der Waals surface area contributed by atoms with Crippen molar-refractivity contribution >= 4 is 56.1 Å². The summed E-state index contributed by atoms with van der Waals surface area (Å²) in [6, 6.07) is 7.20. The van der Waals surface area contributed by atoms with Crippen LogP contribution >= 0.6 is 15.9 Å². The summed E-state index contributed by atoms with van der Waals surface area (Å²) in [6.45, 7) is 1.93. The summed E-state index contributed by atoms with van der Waals surface area (Å²) in [4.78, 5) is 70.1. The van der Waals surface area contributed by atoms with E-state index in [4.69, 9.17) is 0 Å². The molecule has 2 aromatic carbocycles. The summed E-state index contributed by atoms with van der Waals surface area (Å²) in [5.74, 6) is -2.15. The molecule has 10 nitrogen and oxygen atoms in total. The van der Waals surface area contributed by atoms with E-state index in [1.807, 2.05) is 0 Å². The first-order chi connectivity index (χ1) is 18.7. The molecule has 1 aromatic heterocycles. The Morgan fingerprint density at radius 2 is 1.92 bits per heavy atom. The van der Waals surface area contributed by atoms with Crippen LogP contribution in [0, 0.1) is 12.7 Å². The summed E-state index contributed by atoms with van der Waals surface area (Å²) in [7, 11) is 0. The number of aryl methyl sites for hydroxylation is 1. The molecule has 39 heavy (non-hydrogen) atoms. The fourth-order valence-electron chi connectivity index (χ4n) is 5.18. The first kappa shape index (κ1) is 26.7. The summed E-state index contributed by atoms with van der Waals surface area (Å²) in [5, 5.41) is 5.29. The summed E-state index contributed by atoms with van der Waals surface area (Å²) in [5.41, 5.74) is 0.225. The van der Waals surface area contributed by atoms with E-state index in [2.05, 4.69) is 31.5 Å². The van der Waals surface area contributed by atoms with Crippen molar-refractivity contribution in [3.8, 4) is 0 Å². The third-order valence-electron chi connectivity index (χ3n) is 7.12. The number of para-hydroxylation sites is 1. The molecule has 0 aliphatic carbocycles. The molecule has 2 aliphatic heterocycles. The second-order valence-corrected chi connectivity index (χ2v) is 10.5. The molecule has 2 unspecified atom stereocenters. The standard InChI is InChI=1S/C27H25BrFN5O5/c1-14-30-23-16(27(39)34(14)21-10-11-22(35)32-25(21)37)5-4-6-19(23)31-24(36)20-7-2-3-12-33(20)26(38)15-8-9-17(28)18(29)13-15/h4-6,8-9,13,20-21H,2-3,7,10-12H2,1H3,(H,31,36)(H,32,35,37). The van der Waals surface area contributed by atoms with E-state index in [1.54, 1.807) is 25.1 Å². The molecule has 2 aliphatic rings. The van der Waals surface area contributed by atoms with Crippen LogP contribution in [0.2, 0.25) is 0 Å². The number of benzene rings is 2. The number of carbonyl (C=O) groups excluding carboxylic acids is 4. The molecule has 3 aromatic rings. The molecule has 0 saturated carbocycles. The lowest BCUT2D eigenvalue weighted by Gasteiger charge is -2.35. The minimum atomic E-state index is -0.865. The number of aromatic nitrogens is 2. The van der Waals surface area contributed by atoms with Crippen LogP contribution in [-0.2, 0) is 14.4 Å². The average molecular weight is 598 g/mol. The number of carbonyl (C=O) groups is 4. The molecule has 12 heteroatoms. The number of likely N-dealkylation sites (tertiary alicyclic amines) is 1. The van der Waals surface area contributed by atoms with Crippen molar-refractivity contribution in [1.29, 1.82) is 0 Å². The minimum absolute atomic E-state index is 0.111. The van der Waals surface area contributed by atoms with Crippen LogP contribution in [0.5, 0.6) is 0 Å². The SMILES string of the molecule is Cc1nc2c(NC(=O)C3CCCCN3C(=O)c3ccc(Br)c(F)c3)cccc2c(=O)n1C1CCC(=O)NC1=O. The van der Waals surface area contributed by atoms with Gasteiger partial charge in [0.25, 0.3) is 11.5 Å². The number of nitrogens with one attached hydrogen (secondary N) is 2. The molecule has 2 fully saturated rings. The zero-order chi connectivity index (χ0) is 27.8. The van der Waals surface area contributed by atoms with Gasteiger partial charge in [0.05, 0.1) is 15.5 Å². The number of nitrogens with zero attached hydrogens (tertiary/aromatic N) is 3. The second kappa shape index (κ2) is 10.7. The summed E-state index contributed by atoms with van der Waals surface area (Å²) in [6.07, 6.45) is 2.17. The smallest absolute Gasteiger partial charge is 0.262 e. The Bertz CT molecular complexity index is 1590. The van der Waals surface area contributed by atoms with E-state index in [1.165, 1.54) is 21.6 Å². The van der Waals surface area contributed by atoms with Gasteiger partial charge < -0.3 is 10.2 Å². The monoisotopic (exact) mass is 597 g/mol. The molecular weight excluding hydrogens is 573 g/mol. The first-order valence-electron chi connectivity index (χ1n) is 12.6. The van der Waals surface area contributed by atoms with Gasteiger partial charge in [-0.25, -0.2) is 9.37 Å². The van der Waals surface area contributed by atoms with Gasteiger partial charge in [0.15, 0.2) is 0 Å². The van der Waals surface area contributed by atoms with Crippen molar-refractivity contribution in [3.05, 3.63) is 68.4 Å². The Balaban J connectivity index is 1.44. The number of halogens is 2. The van der Waals surface area contributed by atoms with Crippen LogP contribution in [-0.4, -0.2) is 50.7 Å². The number of amides is 4. The van der Waals surface area contributed by atoms with Crippen molar-refractivity contribution in [2.75, 3.05) is 11.9 Å². The lowest BCUT2D eigenvalue weighted by atomic mass is 9.99. The van der Waals surface area contributed by atoms with Gasteiger partial charge in [0.1, 0.15) is 29.2 Å². The number of hydrogen-bond donors (Lipinski definition) is 2. The molecule has 0 spiro atoms. The molecule has 0 bridgehead atoms. The third kappa shape index (κ3) is 5.08. The van der Waals surface area contributed by atoms with Crippen LogP contribution in [0.25, 0.3) is 10.9 Å². The van der Waals surface area contributed by atoms with Crippen molar-refractivity contribution in [2.24, 2.45) is 0 Å². The summed E-state index contributed by atoms with van der Waals surface area (Å²) >= 11 is 3.08.